The zero-order valence-corrected chi connectivity index (χ0v) is 7.82. The zero-order valence-electron chi connectivity index (χ0n) is 7.82. The summed E-state index contributed by atoms with van der Waals surface area (Å²) in [6.45, 7) is 1.77. The maximum Gasteiger partial charge on any atom is 0.264 e. The summed E-state index contributed by atoms with van der Waals surface area (Å²) in [5.41, 5.74) is 4.15. The molecule has 1 aromatic rings. The number of rotatable bonds is 1. The van der Waals surface area contributed by atoms with Gasteiger partial charge in [-0.25, -0.2) is 0 Å². The van der Waals surface area contributed by atoms with Crippen LogP contribution in [-0.4, -0.2) is 18.1 Å². The molecule has 1 aliphatic rings. The van der Waals surface area contributed by atoms with Crippen LogP contribution < -0.4 is 15.2 Å². The molecule has 1 aliphatic heterocycles. The maximum atomic E-state index is 11.1. The van der Waals surface area contributed by atoms with Crippen LogP contribution in [0.2, 0.25) is 0 Å². The Hall–Kier alpha value is -1.71. The fourth-order valence-corrected chi connectivity index (χ4v) is 1.26. The van der Waals surface area contributed by atoms with Crippen LogP contribution in [0.25, 0.3) is 0 Å². The molecule has 1 unspecified atom stereocenters. The molecule has 4 nitrogen and oxygen atoms in total. The van der Waals surface area contributed by atoms with Crippen molar-refractivity contribution in [2.75, 3.05) is 6.61 Å². The first kappa shape index (κ1) is 8.87. The van der Waals surface area contributed by atoms with E-state index in [4.69, 9.17) is 15.2 Å². The summed E-state index contributed by atoms with van der Waals surface area (Å²) in [4.78, 5) is 11.1. The molecule has 2 N–H and O–H groups in total. The third-order valence-electron chi connectivity index (χ3n) is 2.21. The Kier molecular flexibility index (Phi) is 1.84. The van der Waals surface area contributed by atoms with Gasteiger partial charge in [-0.05, 0) is 19.1 Å². The van der Waals surface area contributed by atoms with E-state index < -0.39 is 11.5 Å². The Morgan fingerprint density at radius 1 is 1.43 bits per heavy atom. The minimum absolute atomic E-state index is 0.152. The lowest BCUT2D eigenvalue weighted by molar-refractivity contribution is -0.136. The minimum Gasteiger partial charge on any atom is -0.485 e. The van der Waals surface area contributed by atoms with Crippen molar-refractivity contribution in [1.29, 1.82) is 0 Å². The number of hydrogen-bond donors (Lipinski definition) is 1. The number of hydrogen-bond acceptors (Lipinski definition) is 3. The molecule has 74 valence electrons. The van der Waals surface area contributed by atoms with Gasteiger partial charge in [0.25, 0.3) is 5.91 Å². The Labute approximate surface area is 81.6 Å². The van der Waals surface area contributed by atoms with Crippen molar-refractivity contribution in [3.05, 3.63) is 24.3 Å². The van der Waals surface area contributed by atoms with Gasteiger partial charge in [-0.1, -0.05) is 12.1 Å². The standard InChI is InChI=1S/C10H11NO3/c1-10(9(11)12)6-13-7-4-2-3-5-8(7)14-10/h2-5H,6H2,1H3,(H2,11,12). The predicted octanol–water partition coefficient (Wildman–Crippen LogP) is 0.702. The number of carbonyl (C=O) groups excluding carboxylic acids is 1. The van der Waals surface area contributed by atoms with Gasteiger partial charge in [-0.15, -0.1) is 0 Å². The first-order chi connectivity index (χ1) is 6.62. The van der Waals surface area contributed by atoms with E-state index in [0.29, 0.717) is 11.5 Å². The summed E-state index contributed by atoms with van der Waals surface area (Å²) in [5.74, 6) is 0.679. The van der Waals surface area contributed by atoms with Crippen LogP contribution in [0, 0.1) is 0 Å². The molecule has 0 saturated carbocycles. The molecular weight excluding hydrogens is 182 g/mol. The van der Waals surface area contributed by atoms with Crippen LogP contribution in [0.4, 0.5) is 0 Å². The smallest absolute Gasteiger partial charge is 0.264 e. The lowest BCUT2D eigenvalue weighted by Crippen LogP contribution is -2.52. The van der Waals surface area contributed by atoms with E-state index in [-0.39, 0.29) is 6.61 Å². The minimum atomic E-state index is -1.06. The summed E-state index contributed by atoms with van der Waals surface area (Å²) in [6.07, 6.45) is 0. The number of carbonyl (C=O) groups is 1. The third kappa shape index (κ3) is 1.28. The van der Waals surface area contributed by atoms with Gasteiger partial charge in [-0.3, -0.25) is 4.79 Å². The van der Waals surface area contributed by atoms with Gasteiger partial charge in [-0.2, -0.15) is 0 Å². The average molecular weight is 193 g/mol. The molecule has 1 amide bonds. The Balaban J connectivity index is 2.34. The van der Waals surface area contributed by atoms with Crippen molar-refractivity contribution in [2.45, 2.75) is 12.5 Å². The van der Waals surface area contributed by atoms with Crippen molar-refractivity contribution in [2.24, 2.45) is 5.73 Å². The summed E-state index contributed by atoms with van der Waals surface area (Å²) >= 11 is 0. The molecule has 1 atom stereocenters. The SMILES string of the molecule is CC1(C(N)=O)COc2ccccc2O1. The Morgan fingerprint density at radius 2 is 2.07 bits per heavy atom. The van der Waals surface area contributed by atoms with E-state index >= 15 is 0 Å². The number of para-hydroxylation sites is 2. The number of nitrogens with two attached hydrogens (primary N) is 1. The lowest BCUT2D eigenvalue weighted by atomic mass is 10.1. The quantitative estimate of drug-likeness (QED) is 0.714. The van der Waals surface area contributed by atoms with Crippen molar-refractivity contribution >= 4 is 5.91 Å². The molecule has 0 saturated heterocycles. The van der Waals surface area contributed by atoms with E-state index in [2.05, 4.69) is 0 Å². The van der Waals surface area contributed by atoms with Gasteiger partial charge in [0.1, 0.15) is 6.61 Å². The van der Waals surface area contributed by atoms with Crippen LogP contribution in [0.5, 0.6) is 11.5 Å². The fourth-order valence-electron chi connectivity index (χ4n) is 1.26. The van der Waals surface area contributed by atoms with Crippen molar-refractivity contribution in [3.8, 4) is 11.5 Å². The summed E-state index contributed by atoms with van der Waals surface area (Å²) < 4.78 is 10.9. The number of primary amides is 1. The van der Waals surface area contributed by atoms with Crippen molar-refractivity contribution in [1.82, 2.24) is 0 Å². The van der Waals surface area contributed by atoms with Gasteiger partial charge in [0.15, 0.2) is 11.5 Å². The molecule has 0 spiro atoms. The first-order valence-electron chi connectivity index (χ1n) is 4.32. The number of fused-ring (bicyclic) bond motifs is 1. The van der Waals surface area contributed by atoms with Gasteiger partial charge in [0.05, 0.1) is 0 Å². The molecular formula is C10H11NO3. The molecule has 1 heterocycles. The molecule has 0 fully saturated rings. The normalized spacial score (nSPS) is 24.4. The van der Waals surface area contributed by atoms with Gasteiger partial charge >= 0.3 is 0 Å². The van der Waals surface area contributed by atoms with E-state index in [1.54, 1.807) is 19.1 Å². The van der Waals surface area contributed by atoms with Gasteiger partial charge in [0, 0.05) is 0 Å². The molecule has 0 radical (unpaired) electrons. The van der Waals surface area contributed by atoms with Crippen LogP contribution in [0.15, 0.2) is 24.3 Å². The fraction of sp³-hybridized carbons (Fsp3) is 0.300. The molecule has 2 rings (SSSR count). The van der Waals surface area contributed by atoms with Crippen LogP contribution in [0.3, 0.4) is 0 Å². The molecule has 0 bridgehead atoms. The second-order valence-electron chi connectivity index (χ2n) is 3.43. The predicted molar refractivity (Wildman–Crippen MR) is 50.2 cm³/mol. The molecule has 0 aliphatic carbocycles. The molecule has 0 aromatic heterocycles. The van der Waals surface area contributed by atoms with Crippen LogP contribution >= 0.6 is 0 Å². The molecule has 1 aromatic carbocycles. The van der Waals surface area contributed by atoms with Crippen LogP contribution in [-0.2, 0) is 4.79 Å². The summed E-state index contributed by atoms with van der Waals surface area (Å²) in [6, 6.07) is 7.19. The summed E-state index contributed by atoms with van der Waals surface area (Å²) in [5, 5.41) is 0. The van der Waals surface area contributed by atoms with Crippen molar-refractivity contribution < 1.29 is 14.3 Å². The highest BCUT2D eigenvalue weighted by molar-refractivity contribution is 5.84. The number of amides is 1. The first-order valence-corrected chi connectivity index (χ1v) is 4.32. The van der Waals surface area contributed by atoms with E-state index in [1.807, 2.05) is 12.1 Å². The van der Waals surface area contributed by atoms with Gasteiger partial charge < -0.3 is 15.2 Å². The maximum absolute atomic E-state index is 11.1. The highest BCUT2D eigenvalue weighted by atomic mass is 16.6. The monoisotopic (exact) mass is 193 g/mol. The van der Waals surface area contributed by atoms with E-state index in [1.165, 1.54) is 0 Å². The second-order valence-corrected chi connectivity index (χ2v) is 3.43. The zero-order chi connectivity index (χ0) is 10.2. The highest BCUT2D eigenvalue weighted by Crippen LogP contribution is 2.34. The van der Waals surface area contributed by atoms with E-state index in [0.717, 1.165) is 0 Å². The topological polar surface area (TPSA) is 61.6 Å². The Bertz CT molecular complexity index is 377. The lowest BCUT2D eigenvalue weighted by Gasteiger charge is -2.32. The van der Waals surface area contributed by atoms with Gasteiger partial charge in [0.2, 0.25) is 5.60 Å². The number of ether oxygens (including phenoxy) is 2. The van der Waals surface area contributed by atoms with E-state index in [9.17, 15) is 4.79 Å². The second kappa shape index (κ2) is 2.90. The third-order valence-corrected chi connectivity index (χ3v) is 2.21. The molecule has 4 heteroatoms. The summed E-state index contributed by atoms with van der Waals surface area (Å²) in [7, 11) is 0. The largest absolute Gasteiger partial charge is 0.485 e. The number of benzene rings is 1. The molecule has 14 heavy (non-hydrogen) atoms. The highest BCUT2D eigenvalue weighted by Gasteiger charge is 2.38. The van der Waals surface area contributed by atoms with Crippen LogP contribution in [0.1, 0.15) is 6.92 Å². The van der Waals surface area contributed by atoms with Crippen molar-refractivity contribution in [3.63, 3.8) is 0 Å². The average Bonchev–Trinajstić information content (AvgIpc) is 2.17. The Morgan fingerprint density at radius 3 is 2.71 bits per heavy atom.